The summed E-state index contributed by atoms with van der Waals surface area (Å²) in [6, 6.07) is 37.8. The smallest absolute Gasteiger partial charge is 0.285 e. The summed E-state index contributed by atoms with van der Waals surface area (Å²) in [4.78, 5) is 0. The molecular weight excluding hydrogens is 743 g/mol. The molecule has 7 rings (SSSR count). The number of hydrogen-bond donors (Lipinski definition) is 2. The predicted molar refractivity (Wildman–Crippen MR) is 208 cm³/mol. The molecule has 0 aliphatic carbocycles. The Morgan fingerprint density at radius 2 is 1.02 bits per heavy atom. The topological polar surface area (TPSA) is 185 Å². The predicted octanol–water partition coefficient (Wildman–Crippen LogP) is 5.40. The zero-order chi connectivity index (χ0) is 38.1. The average Bonchev–Trinajstić information content (AvgIpc) is 3.84. The lowest BCUT2D eigenvalue weighted by Crippen LogP contribution is -2.28. The highest BCUT2D eigenvalue weighted by Gasteiger charge is 2.43. The maximum Gasteiger partial charge on any atom is 0.288 e. The van der Waals surface area contributed by atoms with Crippen molar-refractivity contribution < 1.29 is 25.7 Å². The molecule has 0 fully saturated rings. The van der Waals surface area contributed by atoms with Crippen molar-refractivity contribution in [2.24, 2.45) is 5.90 Å². The van der Waals surface area contributed by atoms with Gasteiger partial charge in [-0.25, -0.2) is 9.36 Å². The number of hydrogen-bond acceptors (Lipinski definition) is 10. The lowest BCUT2D eigenvalue weighted by atomic mass is 9.89. The maximum atomic E-state index is 11.8. The van der Waals surface area contributed by atoms with Gasteiger partial charge in [0.15, 0.2) is 0 Å². The molecule has 13 nitrogen and oxygen atoms in total. The van der Waals surface area contributed by atoms with E-state index < -0.39 is 39.8 Å². The van der Waals surface area contributed by atoms with Crippen LogP contribution in [-0.4, -0.2) is 59.4 Å². The zero-order valence-electron chi connectivity index (χ0n) is 29.4. The van der Waals surface area contributed by atoms with Gasteiger partial charge in [0.2, 0.25) is 0 Å². The molecular formula is C38H37N7O6S2Si. The fraction of sp³-hybridized carbons (Fsp3) is 0.158. The van der Waals surface area contributed by atoms with E-state index in [1.165, 1.54) is 27.7 Å². The summed E-state index contributed by atoms with van der Waals surface area (Å²) in [5, 5.41) is 18.6. The van der Waals surface area contributed by atoms with Crippen molar-refractivity contribution >= 4 is 49.8 Å². The lowest BCUT2D eigenvalue weighted by Gasteiger charge is -2.27. The molecule has 0 amide bonds. The van der Waals surface area contributed by atoms with Gasteiger partial charge in [0.1, 0.15) is 31.0 Å². The molecule has 3 N–H and O–H groups in total. The Morgan fingerprint density at radius 1 is 0.611 bits per heavy atom. The summed E-state index contributed by atoms with van der Waals surface area (Å²) in [5.41, 5.74) is 9.21. The van der Waals surface area contributed by atoms with Crippen molar-refractivity contribution in [3.63, 3.8) is 0 Å². The largest absolute Gasteiger partial charge is 0.288 e. The Kier molecular flexibility index (Phi) is 10.1. The monoisotopic (exact) mass is 779 g/mol. The summed E-state index contributed by atoms with van der Waals surface area (Å²) in [5.74, 6) is 3.81. The second kappa shape index (κ2) is 14.8. The van der Waals surface area contributed by atoms with Crippen LogP contribution in [0.2, 0.25) is 13.1 Å². The van der Waals surface area contributed by atoms with Crippen LogP contribution in [0.1, 0.15) is 44.8 Å². The van der Waals surface area contributed by atoms with E-state index in [9.17, 15) is 21.4 Å². The highest BCUT2D eigenvalue weighted by molar-refractivity contribution is 7.85. The van der Waals surface area contributed by atoms with E-state index in [2.05, 4.69) is 135 Å². The zero-order valence-corrected chi connectivity index (χ0v) is 32.1. The van der Waals surface area contributed by atoms with Crippen LogP contribution in [0.25, 0.3) is 21.5 Å². The fourth-order valence-electron chi connectivity index (χ4n) is 7.09. The Labute approximate surface area is 314 Å². The van der Waals surface area contributed by atoms with Crippen molar-refractivity contribution in [2.45, 2.75) is 37.7 Å². The van der Waals surface area contributed by atoms with Crippen molar-refractivity contribution in [3.8, 4) is 0 Å². The second-order valence-corrected chi connectivity index (χ2v) is 20.9. The molecule has 6 aromatic rings. The molecule has 1 aliphatic heterocycles. The number of nitrogens with zero attached hydrogens (tertiary/aromatic N) is 6. The molecule has 0 saturated carbocycles. The molecule has 0 unspecified atom stereocenters. The molecule has 0 atom stereocenters. The average molecular weight is 780 g/mol. The highest BCUT2D eigenvalue weighted by Crippen LogP contribution is 2.55. The molecule has 4 aromatic carbocycles. The first-order chi connectivity index (χ1) is 25.8. The number of benzene rings is 4. The van der Waals surface area contributed by atoms with Crippen molar-refractivity contribution in [3.05, 3.63) is 166 Å². The minimum Gasteiger partial charge on any atom is -0.285 e. The number of nitrogens with two attached hydrogens (primary N) is 1. The maximum absolute atomic E-state index is 11.8. The normalized spacial score (nSPS) is 14.6. The Morgan fingerprint density at radius 3 is 1.41 bits per heavy atom. The van der Waals surface area contributed by atoms with E-state index in [1.807, 2.05) is 12.1 Å². The van der Waals surface area contributed by atoms with E-state index in [4.69, 9.17) is 5.90 Å². The van der Waals surface area contributed by atoms with Gasteiger partial charge in [0.25, 0.3) is 20.2 Å². The molecule has 276 valence electrons. The van der Waals surface area contributed by atoms with E-state index in [0.717, 1.165) is 33.4 Å². The molecule has 2 aromatic heterocycles. The van der Waals surface area contributed by atoms with E-state index in [1.54, 1.807) is 15.6 Å². The van der Waals surface area contributed by atoms with Crippen LogP contribution in [-0.2, 0) is 49.1 Å². The number of aromatic nitrogens is 6. The third kappa shape index (κ3) is 8.08. The van der Waals surface area contributed by atoms with Crippen molar-refractivity contribution in [1.29, 1.82) is 0 Å². The summed E-state index contributed by atoms with van der Waals surface area (Å²) in [6.07, 6.45) is 3.08. The summed E-state index contributed by atoms with van der Waals surface area (Å²) < 4.78 is 62.6. The fourth-order valence-corrected chi connectivity index (χ4v) is 12.0. The molecule has 0 saturated heterocycles. The van der Waals surface area contributed by atoms with Crippen LogP contribution < -0.4 is 5.90 Å². The third-order valence-corrected chi connectivity index (χ3v) is 14.5. The minimum atomic E-state index is -4.21. The molecule has 0 radical (unpaired) electrons. The quantitative estimate of drug-likeness (QED) is 0.0870. The number of rotatable bonds is 13. The summed E-state index contributed by atoms with van der Waals surface area (Å²) >= 11 is 0. The first-order valence-electron chi connectivity index (χ1n) is 16.9. The van der Waals surface area contributed by atoms with Crippen LogP contribution in [0, 0.1) is 0 Å². The Bertz CT molecular complexity index is 2590. The number of allylic oxidation sites excluding steroid dienone is 2. The van der Waals surface area contributed by atoms with Gasteiger partial charge in [-0.2, -0.15) is 27.0 Å². The SMILES string of the molecule is C[Si]1(C)C(c2ccc(Cn3cc(CS(=O)(=O)O)nn3)cc2)=C(c2ccccc2)C(c2ccccc2)=C1c1ccc(Cn2cc(CS(=O)(=O)ON)nn2)cc1. The van der Waals surface area contributed by atoms with Crippen molar-refractivity contribution in [2.75, 3.05) is 0 Å². The third-order valence-electron chi connectivity index (χ3n) is 9.27. The molecule has 0 spiro atoms. The van der Waals surface area contributed by atoms with Crippen LogP contribution in [0.15, 0.2) is 122 Å². The van der Waals surface area contributed by atoms with Crippen LogP contribution in [0.3, 0.4) is 0 Å². The molecule has 54 heavy (non-hydrogen) atoms. The van der Waals surface area contributed by atoms with Crippen LogP contribution >= 0.6 is 0 Å². The highest BCUT2D eigenvalue weighted by atomic mass is 32.2. The molecule has 16 heteroatoms. The van der Waals surface area contributed by atoms with Crippen LogP contribution in [0.5, 0.6) is 0 Å². The van der Waals surface area contributed by atoms with E-state index >= 15 is 0 Å². The first kappa shape index (κ1) is 37.0. The Hall–Kier alpha value is -5.36. The standard InChI is InChI=1S/C38H37N7O6S2Si/c1-54(2)37(31-17-13-27(14-18-31)21-44-23-33(40-42-44)25-52(46,47)48)35(29-9-5-3-6-10-29)36(30-11-7-4-8-12-30)38(54)32-19-15-28(16-20-32)22-45-24-34(41-43-45)26-53(49,50)51-39/h3-20,23-24H,21-22,25-26,39H2,1-2H3,(H,46,47,48). The van der Waals surface area contributed by atoms with Gasteiger partial charge in [-0.1, -0.05) is 133 Å². The van der Waals surface area contributed by atoms with Gasteiger partial charge in [0.05, 0.1) is 13.1 Å². The van der Waals surface area contributed by atoms with E-state index in [-0.39, 0.29) is 11.4 Å². The van der Waals surface area contributed by atoms with E-state index in [0.29, 0.717) is 13.1 Å². The van der Waals surface area contributed by atoms with Crippen molar-refractivity contribution in [1.82, 2.24) is 30.0 Å². The molecule has 3 heterocycles. The van der Waals surface area contributed by atoms with Gasteiger partial charge in [-0.15, -0.1) is 10.2 Å². The molecule has 0 bridgehead atoms. The van der Waals surface area contributed by atoms with Gasteiger partial charge in [-0.3, -0.25) is 4.55 Å². The van der Waals surface area contributed by atoms with Gasteiger partial charge in [-0.05, 0) is 54.9 Å². The van der Waals surface area contributed by atoms with Crippen LogP contribution in [0.4, 0.5) is 0 Å². The second-order valence-electron chi connectivity index (χ2n) is 13.6. The molecule has 1 aliphatic rings. The van der Waals surface area contributed by atoms with Gasteiger partial charge < -0.3 is 0 Å². The Balaban J connectivity index is 1.26. The minimum absolute atomic E-state index is 0.171. The lowest BCUT2D eigenvalue weighted by molar-refractivity contribution is 0.332. The summed E-state index contributed by atoms with van der Waals surface area (Å²) in [6.45, 7) is 5.55. The van der Waals surface area contributed by atoms with Gasteiger partial charge in [0, 0.05) is 12.4 Å². The summed E-state index contributed by atoms with van der Waals surface area (Å²) in [7, 11) is -10.6. The first-order valence-corrected chi connectivity index (χ1v) is 23.1. The van der Waals surface area contributed by atoms with Gasteiger partial charge >= 0.3 is 0 Å².